The summed E-state index contributed by atoms with van der Waals surface area (Å²) in [6.07, 6.45) is 0.640. The van der Waals surface area contributed by atoms with Crippen LogP contribution >= 0.6 is 11.6 Å². The van der Waals surface area contributed by atoms with Gasteiger partial charge in [-0.15, -0.1) is 11.6 Å². The normalized spacial score (nSPS) is 8.25. The first-order valence-electron chi connectivity index (χ1n) is 3.74. The average Bonchev–Trinajstić information content (AvgIpc) is 2.11. The Kier molecular flexibility index (Phi) is 6.39. The molecule has 66 valence electrons. The summed E-state index contributed by atoms with van der Waals surface area (Å²) in [6, 6.07) is 8.36. The molecular formula is C10H13ClO. The predicted molar refractivity (Wildman–Crippen MR) is 52.7 cm³/mol. The van der Waals surface area contributed by atoms with Crippen molar-refractivity contribution in [1.29, 1.82) is 0 Å². The Morgan fingerprint density at radius 3 is 1.75 bits per heavy atom. The van der Waals surface area contributed by atoms with Crippen LogP contribution in [0.3, 0.4) is 0 Å². The lowest BCUT2D eigenvalue weighted by Crippen LogP contribution is -1.74. The topological polar surface area (TPSA) is 17.1 Å². The lowest BCUT2D eigenvalue weighted by molar-refractivity contribution is -0.105. The molecule has 0 unspecified atom stereocenters. The van der Waals surface area contributed by atoms with Crippen molar-refractivity contribution in [3.05, 3.63) is 35.4 Å². The lowest BCUT2D eigenvalue weighted by atomic mass is 10.1. The van der Waals surface area contributed by atoms with Gasteiger partial charge in [-0.25, -0.2) is 0 Å². The highest BCUT2D eigenvalue weighted by molar-refractivity contribution is 6.24. The fourth-order valence-corrected chi connectivity index (χ4v) is 0.663. The fraction of sp³-hybridized carbons (Fsp3) is 0.300. The van der Waals surface area contributed by atoms with Crippen molar-refractivity contribution in [2.45, 2.75) is 13.8 Å². The van der Waals surface area contributed by atoms with Crippen LogP contribution in [0.1, 0.15) is 11.1 Å². The molecule has 0 spiro atoms. The molecule has 1 rings (SSSR count). The van der Waals surface area contributed by atoms with Gasteiger partial charge < -0.3 is 4.79 Å². The number of benzene rings is 1. The van der Waals surface area contributed by atoms with Crippen LogP contribution in [0.4, 0.5) is 0 Å². The Hall–Kier alpha value is -0.820. The first-order chi connectivity index (χ1) is 5.72. The molecule has 0 aliphatic carbocycles. The van der Waals surface area contributed by atoms with Crippen molar-refractivity contribution in [2.24, 2.45) is 0 Å². The second-order valence-electron chi connectivity index (χ2n) is 2.41. The van der Waals surface area contributed by atoms with Crippen molar-refractivity contribution < 1.29 is 4.79 Å². The van der Waals surface area contributed by atoms with Crippen LogP contribution in [-0.2, 0) is 4.79 Å². The molecule has 0 saturated heterocycles. The van der Waals surface area contributed by atoms with E-state index in [-0.39, 0.29) is 5.88 Å². The van der Waals surface area contributed by atoms with Crippen LogP contribution in [0, 0.1) is 13.8 Å². The summed E-state index contributed by atoms with van der Waals surface area (Å²) in [4.78, 5) is 9.04. The van der Waals surface area contributed by atoms with Crippen molar-refractivity contribution in [3.8, 4) is 0 Å². The number of carbonyl (C=O) groups excluding carboxylic acids is 1. The van der Waals surface area contributed by atoms with E-state index in [0.717, 1.165) is 0 Å². The minimum atomic E-state index is 0.111. The maximum absolute atomic E-state index is 9.04. The van der Waals surface area contributed by atoms with Crippen LogP contribution in [-0.4, -0.2) is 12.2 Å². The molecule has 0 fully saturated rings. The summed E-state index contributed by atoms with van der Waals surface area (Å²) in [7, 11) is 0. The summed E-state index contributed by atoms with van der Waals surface area (Å²) in [5.41, 5.74) is 2.74. The minimum Gasteiger partial charge on any atom is -0.302 e. The second kappa shape index (κ2) is 6.86. The summed E-state index contributed by atoms with van der Waals surface area (Å²) >= 11 is 4.82. The number of carbonyl (C=O) groups is 1. The van der Waals surface area contributed by atoms with Gasteiger partial charge in [0.15, 0.2) is 0 Å². The smallest absolute Gasteiger partial charge is 0.134 e. The van der Waals surface area contributed by atoms with Crippen LogP contribution in [0.2, 0.25) is 0 Å². The summed E-state index contributed by atoms with van der Waals surface area (Å²) in [5.74, 6) is 0.111. The lowest BCUT2D eigenvalue weighted by Gasteiger charge is -1.93. The van der Waals surface area contributed by atoms with Crippen molar-refractivity contribution in [3.63, 3.8) is 0 Å². The van der Waals surface area contributed by atoms with E-state index in [9.17, 15) is 0 Å². The van der Waals surface area contributed by atoms with Gasteiger partial charge in [-0.2, -0.15) is 0 Å². The number of alkyl halides is 1. The van der Waals surface area contributed by atoms with Gasteiger partial charge in [-0.05, 0) is 25.0 Å². The zero-order chi connectivity index (χ0) is 9.40. The fourth-order valence-electron chi connectivity index (χ4n) is 0.663. The van der Waals surface area contributed by atoms with E-state index in [0.29, 0.717) is 6.29 Å². The van der Waals surface area contributed by atoms with Gasteiger partial charge in [0, 0.05) is 0 Å². The van der Waals surface area contributed by atoms with Gasteiger partial charge in [0.25, 0.3) is 0 Å². The van der Waals surface area contributed by atoms with Crippen LogP contribution in [0.25, 0.3) is 0 Å². The summed E-state index contributed by atoms with van der Waals surface area (Å²) in [5, 5.41) is 0. The molecule has 1 nitrogen and oxygen atoms in total. The number of aryl methyl sites for hydroxylation is 2. The van der Waals surface area contributed by atoms with Gasteiger partial charge in [-0.3, -0.25) is 0 Å². The third-order valence-corrected chi connectivity index (χ3v) is 1.61. The number of halogens is 1. The third kappa shape index (κ3) is 4.91. The highest BCUT2D eigenvalue weighted by Gasteiger charge is 1.83. The van der Waals surface area contributed by atoms with E-state index in [2.05, 4.69) is 38.1 Å². The first-order valence-corrected chi connectivity index (χ1v) is 4.27. The Labute approximate surface area is 78.4 Å². The molecular weight excluding hydrogens is 172 g/mol. The van der Waals surface area contributed by atoms with Gasteiger partial charge in [0.1, 0.15) is 6.29 Å². The summed E-state index contributed by atoms with van der Waals surface area (Å²) in [6.45, 7) is 4.24. The van der Waals surface area contributed by atoms with E-state index < -0.39 is 0 Å². The van der Waals surface area contributed by atoms with Gasteiger partial charge >= 0.3 is 0 Å². The largest absolute Gasteiger partial charge is 0.302 e. The molecule has 0 radical (unpaired) electrons. The molecule has 1 aromatic rings. The number of hydrogen-bond acceptors (Lipinski definition) is 1. The Bertz CT molecular complexity index is 212. The molecule has 1 aromatic carbocycles. The van der Waals surface area contributed by atoms with Crippen LogP contribution < -0.4 is 0 Å². The van der Waals surface area contributed by atoms with Crippen molar-refractivity contribution in [1.82, 2.24) is 0 Å². The molecule has 0 saturated carbocycles. The molecule has 0 atom stereocenters. The molecule has 0 bridgehead atoms. The number of rotatable bonds is 1. The minimum absolute atomic E-state index is 0.111. The van der Waals surface area contributed by atoms with Gasteiger partial charge in [-0.1, -0.05) is 24.3 Å². The molecule has 12 heavy (non-hydrogen) atoms. The quantitative estimate of drug-likeness (QED) is 0.485. The molecule has 2 heteroatoms. The first kappa shape index (κ1) is 11.2. The molecule has 0 aliphatic heterocycles. The van der Waals surface area contributed by atoms with Crippen molar-refractivity contribution >= 4 is 17.9 Å². The molecule has 0 heterocycles. The van der Waals surface area contributed by atoms with Gasteiger partial charge in [0.05, 0.1) is 5.88 Å². The van der Waals surface area contributed by atoms with E-state index in [4.69, 9.17) is 16.4 Å². The Balaban J connectivity index is 0.000000261. The third-order valence-electron chi connectivity index (χ3n) is 1.49. The van der Waals surface area contributed by atoms with E-state index in [1.54, 1.807) is 0 Å². The Morgan fingerprint density at radius 1 is 1.25 bits per heavy atom. The summed E-state index contributed by atoms with van der Waals surface area (Å²) < 4.78 is 0. The SMILES string of the molecule is Cc1ccccc1C.O=CCCl. The highest BCUT2D eigenvalue weighted by Crippen LogP contribution is 2.02. The maximum Gasteiger partial charge on any atom is 0.134 e. The molecule has 0 N–H and O–H groups in total. The molecule has 0 aliphatic rings. The number of aldehydes is 1. The zero-order valence-electron chi connectivity index (χ0n) is 7.38. The maximum atomic E-state index is 9.04. The molecule has 0 aromatic heterocycles. The molecule has 0 amide bonds. The average molecular weight is 185 g/mol. The number of hydrogen-bond donors (Lipinski definition) is 0. The highest BCUT2D eigenvalue weighted by atomic mass is 35.5. The van der Waals surface area contributed by atoms with E-state index >= 15 is 0 Å². The monoisotopic (exact) mass is 184 g/mol. The Morgan fingerprint density at radius 2 is 1.58 bits per heavy atom. The van der Waals surface area contributed by atoms with E-state index in [1.165, 1.54) is 11.1 Å². The van der Waals surface area contributed by atoms with Gasteiger partial charge in [0.2, 0.25) is 0 Å². The predicted octanol–water partition coefficient (Wildman–Crippen LogP) is 2.73. The van der Waals surface area contributed by atoms with Crippen LogP contribution in [0.15, 0.2) is 24.3 Å². The van der Waals surface area contributed by atoms with Crippen molar-refractivity contribution in [2.75, 3.05) is 5.88 Å². The standard InChI is InChI=1S/C8H10.C2H3ClO/c1-7-5-3-4-6-8(7)2;3-1-2-4/h3-6H,1-2H3;2H,1H2. The zero-order valence-corrected chi connectivity index (χ0v) is 8.14. The van der Waals surface area contributed by atoms with E-state index in [1.807, 2.05) is 0 Å². The van der Waals surface area contributed by atoms with Crippen LogP contribution in [0.5, 0.6) is 0 Å². The second-order valence-corrected chi connectivity index (χ2v) is 2.71.